The van der Waals surface area contributed by atoms with Crippen molar-refractivity contribution in [1.82, 2.24) is 0 Å². The molecule has 0 aliphatic heterocycles. The van der Waals surface area contributed by atoms with Crippen molar-refractivity contribution in [2.45, 2.75) is 0 Å². The molecule has 0 aliphatic carbocycles. The predicted octanol–water partition coefficient (Wildman–Crippen LogP) is 3.80. The highest BCUT2D eigenvalue weighted by atomic mass is 79.9. The zero-order valence-electron chi connectivity index (χ0n) is 9.89. The Morgan fingerprint density at radius 3 is 2.53 bits per heavy atom. The molecule has 0 amide bonds. The summed E-state index contributed by atoms with van der Waals surface area (Å²) < 4.78 is 6.24. The van der Waals surface area contributed by atoms with Crippen LogP contribution in [0.1, 0.15) is 0 Å². The van der Waals surface area contributed by atoms with Gasteiger partial charge in [-0.25, -0.2) is 0 Å². The molecular formula is C15H10BrNO2. The van der Waals surface area contributed by atoms with Crippen molar-refractivity contribution in [3.05, 3.63) is 63.2 Å². The van der Waals surface area contributed by atoms with E-state index in [0.29, 0.717) is 26.9 Å². The molecule has 0 atom stereocenters. The van der Waals surface area contributed by atoms with E-state index in [1.54, 1.807) is 18.2 Å². The van der Waals surface area contributed by atoms with Gasteiger partial charge in [-0.3, -0.25) is 4.79 Å². The number of anilines is 1. The van der Waals surface area contributed by atoms with Crippen LogP contribution in [-0.4, -0.2) is 0 Å². The monoisotopic (exact) mass is 315 g/mol. The van der Waals surface area contributed by atoms with Gasteiger partial charge in [0.05, 0.1) is 5.39 Å². The number of benzene rings is 2. The van der Waals surface area contributed by atoms with Crippen molar-refractivity contribution < 1.29 is 4.42 Å². The topological polar surface area (TPSA) is 56.2 Å². The zero-order valence-corrected chi connectivity index (χ0v) is 11.5. The molecule has 0 aliphatic rings. The Kier molecular flexibility index (Phi) is 2.87. The smallest absolute Gasteiger partial charge is 0.207 e. The van der Waals surface area contributed by atoms with Crippen LogP contribution in [0, 0.1) is 0 Å². The standard InChI is InChI=1S/C15H10BrNO2/c16-13-14(18)11-7-6-10(17)8-12(11)19-15(13)9-4-2-1-3-5-9/h1-8H,17H2. The summed E-state index contributed by atoms with van der Waals surface area (Å²) in [5.74, 6) is 0.517. The molecule has 0 bridgehead atoms. The lowest BCUT2D eigenvalue weighted by molar-refractivity contribution is 0.615. The average Bonchev–Trinajstić information content (AvgIpc) is 2.43. The zero-order chi connectivity index (χ0) is 13.4. The number of hydrogen-bond acceptors (Lipinski definition) is 3. The summed E-state index contributed by atoms with van der Waals surface area (Å²) in [6.07, 6.45) is 0. The van der Waals surface area contributed by atoms with Crippen molar-refractivity contribution >= 4 is 32.6 Å². The summed E-state index contributed by atoms with van der Waals surface area (Å²) in [5, 5.41) is 0.515. The van der Waals surface area contributed by atoms with Gasteiger partial charge in [-0.1, -0.05) is 30.3 Å². The highest BCUT2D eigenvalue weighted by Gasteiger charge is 2.13. The fourth-order valence-corrected chi connectivity index (χ4v) is 2.49. The number of rotatable bonds is 1. The minimum atomic E-state index is -0.0971. The SMILES string of the molecule is Nc1ccc2c(=O)c(Br)c(-c3ccccc3)oc2c1. The van der Waals surface area contributed by atoms with Crippen LogP contribution in [0.4, 0.5) is 5.69 Å². The first-order valence-corrected chi connectivity index (χ1v) is 6.53. The highest BCUT2D eigenvalue weighted by Crippen LogP contribution is 2.29. The third-order valence-electron chi connectivity index (χ3n) is 2.90. The molecule has 2 aromatic carbocycles. The Morgan fingerprint density at radius 1 is 1.05 bits per heavy atom. The van der Waals surface area contributed by atoms with E-state index in [2.05, 4.69) is 15.9 Å². The molecule has 94 valence electrons. The van der Waals surface area contributed by atoms with E-state index in [1.807, 2.05) is 30.3 Å². The Labute approximate surface area is 117 Å². The second-order valence-electron chi connectivity index (χ2n) is 4.20. The van der Waals surface area contributed by atoms with Crippen molar-refractivity contribution in [2.75, 3.05) is 5.73 Å². The van der Waals surface area contributed by atoms with E-state index in [1.165, 1.54) is 0 Å². The third-order valence-corrected chi connectivity index (χ3v) is 3.62. The van der Waals surface area contributed by atoms with Crippen LogP contribution >= 0.6 is 15.9 Å². The van der Waals surface area contributed by atoms with Gasteiger partial charge in [0, 0.05) is 17.3 Å². The molecule has 0 spiro atoms. The quantitative estimate of drug-likeness (QED) is 0.695. The second kappa shape index (κ2) is 4.55. The minimum Gasteiger partial charge on any atom is -0.455 e. The molecule has 3 rings (SSSR count). The molecule has 4 heteroatoms. The summed E-state index contributed by atoms with van der Waals surface area (Å²) in [6, 6.07) is 14.5. The van der Waals surface area contributed by atoms with Gasteiger partial charge in [0.2, 0.25) is 5.43 Å². The Bertz CT molecular complexity index is 809. The molecule has 3 aromatic rings. The lowest BCUT2D eigenvalue weighted by Gasteiger charge is -2.06. The van der Waals surface area contributed by atoms with Crippen LogP contribution in [0.5, 0.6) is 0 Å². The fourth-order valence-electron chi connectivity index (χ4n) is 1.96. The maximum absolute atomic E-state index is 12.3. The van der Waals surface area contributed by atoms with Gasteiger partial charge in [-0.15, -0.1) is 0 Å². The molecule has 1 heterocycles. The first kappa shape index (κ1) is 12.0. The normalized spacial score (nSPS) is 10.8. The summed E-state index contributed by atoms with van der Waals surface area (Å²) in [5.41, 5.74) is 7.53. The molecule has 19 heavy (non-hydrogen) atoms. The van der Waals surface area contributed by atoms with E-state index in [0.717, 1.165) is 5.56 Å². The Balaban J connectivity index is 2.38. The average molecular weight is 316 g/mol. The lowest BCUT2D eigenvalue weighted by atomic mass is 10.1. The number of nitrogen functional groups attached to an aromatic ring is 1. The van der Waals surface area contributed by atoms with Crippen LogP contribution in [-0.2, 0) is 0 Å². The van der Waals surface area contributed by atoms with E-state index in [-0.39, 0.29) is 5.43 Å². The lowest BCUT2D eigenvalue weighted by Crippen LogP contribution is -2.04. The van der Waals surface area contributed by atoms with Crippen LogP contribution < -0.4 is 11.2 Å². The summed E-state index contributed by atoms with van der Waals surface area (Å²) >= 11 is 3.32. The van der Waals surface area contributed by atoms with Gasteiger partial charge in [-0.2, -0.15) is 0 Å². The maximum atomic E-state index is 12.3. The van der Waals surface area contributed by atoms with Gasteiger partial charge in [0.15, 0.2) is 5.76 Å². The summed E-state index contributed by atoms with van der Waals surface area (Å²) in [7, 11) is 0. The first-order chi connectivity index (χ1) is 9.16. The second-order valence-corrected chi connectivity index (χ2v) is 4.99. The first-order valence-electron chi connectivity index (χ1n) is 5.74. The minimum absolute atomic E-state index is 0.0971. The maximum Gasteiger partial charge on any atom is 0.207 e. The largest absolute Gasteiger partial charge is 0.455 e. The number of fused-ring (bicyclic) bond motifs is 1. The van der Waals surface area contributed by atoms with Crippen molar-refractivity contribution in [3.8, 4) is 11.3 Å². The van der Waals surface area contributed by atoms with Gasteiger partial charge in [0.25, 0.3) is 0 Å². The fraction of sp³-hybridized carbons (Fsp3) is 0. The van der Waals surface area contributed by atoms with Crippen molar-refractivity contribution in [1.29, 1.82) is 0 Å². The molecule has 0 saturated heterocycles. The van der Waals surface area contributed by atoms with Gasteiger partial charge in [0.1, 0.15) is 10.1 Å². The van der Waals surface area contributed by atoms with Crippen LogP contribution in [0.15, 0.2) is 62.2 Å². The Hall–Kier alpha value is -2.07. The van der Waals surface area contributed by atoms with Crippen LogP contribution in [0.3, 0.4) is 0 Å². The van der Waals surface area contributed by atoms with E-state index < -0.39 is 0 Å². The number of hydrogen-bond donors (Lipinski definition) is 1. The molecule has 0 unspecified atom stereocenters. The van der Waals surface area contributed by atoms with E-state index in [4.69, 9.17) is 10.2 Å². The van der Waals surface area contributed by atoms with Gasteiger partial charge >= 0.3 is 0 Å². The predicted molar refractivity (Wildman–Crippen MR) is 80.0 cm³/mol. The molecule has 0 radical (unpaired) electrons. The summed E-state index contributed by atoms with van der Waals surface area (Å²) in [4.78, 5) is 12.3. The molecular weight excluding hydrogens is 306 g/mol. The highest BCUT2D eigenvalue weighted by molar-refractivity contribution is 9.10. The van der Waals surface area contributed by atoms with Gasteiger partial charge < -0.3 is 10.2 Å². The molecule has 0 fully saturated rings. The molecule has 1 aromatic heterocycles. The summed E-state index contributed by atoms with van der Waals surface area (Å²) in [6.45, 7) is 0. The Morgan fingerprint density at radius 2 is 1.79 bits per heavy atom. The van der Waals surface area contributed by atoms with Crippen LogP contribution in [0.2, 0.25) is 0 Å². The van der Waals surface area contributed by atoms with Crippen molar-refractivity contribution in [2.24, 2.45) is 0 Å². The number of nitrogens with two attached hydrogens (primary N) is 1. The van der Waals surface area contributed by atoms with Gasteiger partial charge in [-0.05, 0) is 28.1 Å². The van der Waals surface area contributed by atoms with E-state index in [9.17, 15) is 4.79 Å². The van der Waals surface area contributed by atoms with Crippen molar-refractivity contribution in [3.63, 3.8) is 0 Å². The molecule has 3 nitrogen and oxygen atoms in total. The third kappa shape index (κ3) is 2.04. The molecule has 0 saturated carbocycles. The van der Waals surface area contributed by atoms with Crippen LogP contribution in [0.25, 0.3) is 22.3 Å². The van der Waals surface area contributed by atoms with E-state index >= 15 is 0 Å². The number of halogens is 1. The molecule has 2 N–H and O–H groups in total.